The number of ether oxygens (including phenoxy) is 3. The molecule has 0 heterocycles. The van der Waals surface area contributed by atoms with Gasteiger partial charge in [0.2, 0.25) is 0 Å². The molecule has 4 nitrogen and oxygen atoms in total. The molecule has 0 aliphatic heterocycles. The number of nitrogens with two attached hydrogens (primary N) is 1. The fourth-order valence-corrected chi connectivity index (χ4v) is 3.50. The third kappa shape index (κ3) is 3.16. The molecule has 1 aromatic carbocycles. The minimum Gasteiger partial charge on any atom is -0.493 e. The molecule has 0 atom stereocenters. The summed E-state index contributed by atoms with van der Waals surface area (Å²) in [7, 11) is 5.05. The highest BCUT2D eigenvalue weighted by atomic mass is 16.5. The number of hydrogen-bond donors (Lipinski definition) is 1. The predicted molar refractivity (Wildman–Crippen MR) is 84.1 cm³/mol. The van der Waals surface area contributed by atoms with Crippen LogP contribution in [0.3, 0.4) is 0 Å². The van der Waals surface area contributed by atoms with Crippen molar-refractivity contribution in [2.24, 2.45) is 5.73 Å². The van der Waals surface area contributed by atoms with Crippen molar-refractivity contribution in [3.05, 3.63) is 23.3 Å². The second kappa shape index (κ2) is 7.14. The smallest absolute Gasteiger partial charge is 0.161 e. The fourth-order valence-electron chi connectivity index (χ4n) is 3.50. The zero-order valence-corrected chi connectivity index (χ0v) is 13.4. The largest absolute Gasteiger partial charge is 0.493 e. The second-order valence-electron chi connectivity index (χ2n) is 5.84. The second-order valence-corrected chi connectivity index (χ2v) is 5.84. The Labute approximate surface area is 127 Å². The maximum atomic E-state index is 6.18. The van der Waals surface area contributed by atoms with Crippen LogP contribution in [0.4, 0.5) is 0 Å². The molecule has 0 radical (unpaired) electrons. The molecule has 1 saturated carbocycles. The van der Waals surface area contributed by atoms with Crippen molar-refractivity contribution in [3.63, 3.8) is 0 Å². The third-order valence-electron chi connectivity index (χ3n) is 4.68. The van der Waals surface area contributed by atoms with E-state index in [1.807, 2.05) is 6.07 Å². The van der Waals surface area contributed by atoms with E-state index in [0.29, 0.717) is 13.2 Å². The molecule has 0 aromatic heterocycles. The molecule has 1 aliphatic rings. The van der Waals surface area contributed by atoms with E-state index >= 15 is 0 Å². The summed E-state index contributed by atoms with van der Waals surface area (Å²) in [5.74, 6) is 1.52. The van der Waals surface area contributed by atoms with E-state index in [2.05, 4.69) is 6.07 Å². The summed E-state index contributed by atoms with van der Waals surface area (Å²) in [6.07, 6.45) is 6.04. The summed E-state index contributed by atoms with van der Waals surface area (Å²) in [6.45, 7) is 1.23. The molecule has 2 N–H and O–H groups in total. The summed E-state index contributed by atoms with van der Waals surface area (Å²) in [5.41, 5.74) is 8.65. The van der Waals surface area contributed by atoms with Crippen molar-refractivity contribution in [2.45, 2.75) is 44.1 Å². The Balaban J connectivity index is 2.52. The molecule has 0 bridgehead atoms. The van der Waals surface area contributed by atoms with Crippen molar-refractivity contribution in [3.8, 4) is 11.5 Å². The van der Waals surface area contributed by atoms with Crippen molar-refractivity contribution < 1.29 is 14.2 Å². The van der Waals surface area contributed by atoms with E-state index in [9.17, 15) is 0 Å². The molecule has 21 heavy (non-hydrogen) atoms. The first-order chi connectivity index (χ1) is 10.2. The van der Waals surface area contributed by atoms with Gasteiger partial charge >= 0.3 is 0 Å². The number of benzene rings is 1. The quantitative estimate of drug-likeness (QED) is 0.876. The van der Waals surface area contributed by atoms with Gasteiger partial charge in [-0.3, -0.25) is 0 Å². The highest BCUT2D eigenvalue weighted by Gasteiger charge is 2.35. The van der Waals surface area contributed by atoms with Crippen LogP contribution in [0.5, 0.6) is 11.5 Å². The Morgan fingerprint density at radius 1 is 1.00 bits per heavy atom. The Bertz CT molecular complexity index is 467. The summed E-state index contributed by atoms with van der Waals surface area (Å²) in [5, 5.41) is 0. The summed E-state index contributed by atoms with van der Waals surface area (Å²) in [4.78, 5) is 0. The van der Waals surface area contributed by atoms with Gasteiger partial charge in [0.15, 0.2) is 11.5 Å². The minimum atomic E-state index is 0.0473. The Hall–Kier alpha value is -1.26. The lowest BCUT2D eigenvalue weighted by Gasteiger charge is -2.38. The maximum Gasteiger partial charge on any atom is 0.161 e. The van der Waals surface area contributed by atoms with E-state index < -0.39 is 0 Å². The van der Waals surface area contributed by atoms with Crippen molar-refractivity contribution >= 4 is 0 Å². The summed E-state index contributed by atoms with van der Waals surface area (Å²) < 4.78 is 16.3. The highest BCUT2D eigenvalue weighted by molar-refractivity contribution is 5.50. The molecule has 0 amide bonds. The number of hydrogen-bond acceptors (Lipinski definition) is 4. The van der Waals surface area contributed by atoms with Crippen LogP contribution >= 0.6 is 0 Å². The van der Waals surface area contributed by atoms with Gasteiger partial charge in [-0.2, -0.15) is 0 Å². The van der Waals surface area contributed by atoms with Crippen LogP contribution in [-0.4, -0.2) is 27.9 Å². The molecule has 1 aliphatic carbocycles. The fraction of sp³-hybridized carbons (Fsp3) is 0.647. The monoisotopic (exact) mass is 293 g/mol. The van der Waals surface area contributed by atoms with E-state index in [1.165, 1.54) is 24.8 Å². The average Bonchev–Trinajstić information content (AvgIpc) is 2.55. The van der Waals surface area contributed by atoms with E-state index in [1.54, 1.807) is 21.3 Å². The Morgan fingerprint density at radius 3 is 2.14 bits per heavy atom. The molecule has 0 saturated heterocycles. The lowest BCUT2D eigenvalue weighted by atomic mass is 9.68. The van der Waals surface area contributed by atoms with Crippen LogP contribution < -0.4 is 15.2 Å². The van der Waals surface area contributed by atoms with Crippen LogP contribution in [0.15, 0.2) is 12.1 Å². The molecular formula is C17H27NO3. The van der Waals surface area contributed by atoms with Crippen LogP contribution in [0.1, 0.15) is 43.2 Å². The molecule has 4 heteroatoms. The highest BCUT2D eigenvalue weighted by Crippen LogP contribution is 2.43. The van der Waals surface area contributed by atoms with Gasteiger partial charge in [0.05, 0.1) is 20.8 Å². The van der Waals surface area contributed by atoms with Gasteiger partial charge in [0.1, 0.15) is 0 Å². The SMILES string of the molecule is COCc1cc(OC)c(OC)cc1C1(CN)CCCCC1. The van der Waals surface area contributed by atoms with Crippen LogP contribution in [0.25, 0.3) is 0 Å². The van der Waals surface area contributed by atoms with Gasteiger partial charge in [0.25, 0.3) is 0 Å². The molecule has 2 rings (SSSR count). The van der Waals surface area contributed by atoms with E-state index in [-0.39, 0.29) is 5.41 Å². The molecule has 1 aromatic rings. The zero-order valence-electron chi connectivity index (χ0n) is 13.4. The van der Waals surface area contributed by atoms with Gasteiger partial charge in [-0.1, -0.05) is 19.3 Å². The zero-order chi connectivity index (χ0) is 15.3. The van der Waals surface area contributed by atoms with E-state index in [4.69, 9.17) is 19.9 Å². The van der Waals surface area contributed by atoms with Gasteiger partial charge < -0.3 is 19.9 Å². The average molecular weight is 293 g/mol. The summed E-state index contributed by atoms with van der Waals surface area (Å²) in [6, 6.07) is 4.13. The van der Waals surface area contributed by atoms with Crippen LogP contribution in [0, 0.1) is 0 Å². The number of methoxy groups -OCH3 is 3. The minimum absolute atomic E-state index is 0.0473. The lowest BCUT2D eigenvalue weighted by molar-refractivity contribution is 0.180. The Kier molecular flexibility index (Phi) is 5.48. The first-order valence-electron chi connectivity index (χ1n) is 7.65. The number of rotatable bonds is 6. The van der Waals surface area contributed by atoms with Crippen LogP contribution in [-0.2, 0) is 16.8 Å². The molecule has 0 unspecified atom stereocenters. The third-order valence-corrected chi connectivity index (χ3v) is 4.68. The summed E-state index contributed by atoms with van der Waals surface area (Å²) >= 11 is 0. The van der Waals surface area contributed by atoms with Gasteiger partial charge in [-0.25, -0.2) is 0 Å². The molecule has 1 fully saturated rings. The first kappa shape index (κ1) is 16.1. The predicted octanol–water partition coefficient (Wildman–Crippen LogP) is 3.01. The first-order valence-corrected chi connectivity index (χ1v) is 7.65. The van der Waals surface area contributed by atoms with Crippen molar-refractivity contribution in [2.75, 3.05) is 27.9 Å². The topological polar surface area (TPSA) is 53.7 Å². The normalized spacial score (nSPS) is 17.5. The lowest BCUT2D eigenvalue weighted by Crippen LogP contribution is -2.38. The van der Waals surface area contributed by atoms with Crippen molar-refractivity contribution in [1.82, 2.24) is 0 Å². The Morgan fingerprint density at radius 2 is 1.62 bits per heavy atom. The molecular weight excluding hydrogens is 266 g/mol. The van der Waals surface area contributed by atoms with Crippen LogP contribution in [0.2, 0.25) is 0 Å². The van der Waals surface area contributed by atoms with Gasteiger partial charge in [-0.15, -0.1) is 0 Å². The maximum absolute atomic E-state index is 6.18. The van der Waals surface area contributed by atoms with Crippen molar-refractivity contribution in [1.29, 1.82) is 0 Å². The van der Waals surface area contributed by atoms with E-state index in [0.717, 1.165) is 29.9 Å². The molecule has 118 valence electrons. The standard InChI is InChI=1S/C17H27NO3/c1-19-11-13-9-15(20-2)16(21-3)10-14(13)17(12-18)7-5-4-6-8-17/h9-10H,4-8,11-12,18H2,1-3H3. The molecule has 0 spiro atoms. The van der Waals surface area contributed by atoms with Gasteiger partial charge in [0, 0.05) is 19.1 Å². The van der Waals surface area contributed by atoms with Gasteiger partial charge in [-0.05, 0) is 36.1 Å².